The van der Waals surface area contributed by atoms with Gasteiger partial charge in [-0.15, -0.1) is 0 Å². The van der Waals surface area contributed by atoms with E-state index in [1.165, 1.54) is 22.2 Å². The van der Waals surface area contributed by atoms with Crippen LogP contribution in [-0.2, 0) is 16.1 Å². The summed E-state index contributed by atoms with van der Waals surface area (Å²) in [5.41, 5.74) is 2.38. The molecule has 0 unspecified atom stereocenters. The summed E-state index contributed by atoms with van der Waals surface area (Å²) >= 11 is 1.60. The number of fused-ring (bicyclic) bond motifs is 1. The summed E-state index contributed by atoms with van der Waals surface area (Å²) in [6, 6.07) is 6.26. The number of ether oxygens (including phenoxy) is 1. The van der Waals surface area contributed by atoms with Crippen LogP contribution in [0.2, 0.25) is 0 Å². The lowest BCUT2D eigenvalue weighted by atomic mass is 9.89. The first kappa shape index (κ1) is 16.4. The molecule has 1 fully saturated rings. The van der Waals surface area contributed by atoms with Gasteiger partial charge in [-0.3, -0.25) is 4.79 Å². The molecule has 124 valence electrons. The van der Waals surface area contributed by atoms with Crippen LogP contribution in [0.1, 0.15) is 37.7 Å². The maximum Gasteiger partial charge on any atom is 0.251 e. The van der Waals surface area contributed by atoms with E-state index < -0.39 is 0 Å². The second-order valence-electron chi connectivity index (χ2n) is 6.24. The third-order valence-corrected chi connectivity index (χ3v) is 5.63. The number of aryl methyl sites for hydroxylation is 1. The molecule has 1 aromatic carbocycles. The first-order valence-electron chi connectivity index (χ1n) is 8.37. The number of nitrogens with zero attached hydrogens (tertiary/aromatic N) is 2. The molecule has 0 N–H and O–H groups in total. The molecule has 1 amide bonds. The summed E-state index contributed by atoms with van der Waals surface area (Å²) in [4.78, 5) is 17.9. The number of amides is 1. The average Bonchev–Trinajstić information content (AvgIpc) is 2.92. The molecular weight excluding hydrogens is 308 g/mol. The van der Waals surface area contributed by atoms with Crippen molar-refractivity contribution in [2.24, 2.45) is 10.9 Å². The van der Waals surface area contributed by atoms with Gasteiger partial charge in [0, 0.05) is 19.6 Å². The van der Waals surface area contributed by atoms with E-state index >= 15 is 0 Å². The van der Waals surface area contributed by atoms with Crippen molar-refractivity contribution < 1.29 is 9.53 Å². The van der Waals surface area contributed by atoms with E-state index in [2.05, 4.69) is 34.7 Å². The number of thiazole rings is 1. The van der Waals surface area contributed by atoms with Gasteiger partial charge in [0.15, 0.2) is 4.80 Å². The molecule has 1 aliphatic carbocycles. The molecule has 3 rings (SSSR count). The molecule has 1 saturated carbocycles. The van der Waals surface area contributed by atoms with Crippen LogP contribution in [0.4, 0.5) is 0 Å². The van der Waals surface area contributed by atoms with Crippen molar-refractivity contribution in [3.63, 3.8) is 0 Å². The standard InChI is InChI=1S/C18H24N2O2S/c1-13-7-6-10-15-16(13)20(11-12-22-2)18(23-15)19-17(21)14-8-4-3-5-9-14/h6-7,10,14H,3-5,8-9,11-12H2,1-2H3. The number of aromatic nitrogens is 1. The largest absolute Gasteiger partial charge is 0.383 e. The van der Waals surface area contributed by atoms with Crippen molar-refractivity contribution in [2.45, 2.75) is 45.6 Å². The Morgan fingerprint density at radius 1 is 1.35 bits per heavy atom. The minimum Gasteiger partial charge on any atom is -0.383 e. The van der Waals surface area contributed by atoms with Crippen LogP contribution in [0.15, 0.2) is 23.2 Å². The second-order valence-corrected chi connectivity index (χ2v) is 7.24. The quantitative estimate of drug-likeness (QED) is 0.857. The van der Waals surface area contributed by atoms with E-state index in [0.29, 0.717) is 6.61 Å². The van der Waals surface area contributed by atoms with Crippen LogP contribution in [0, 0.1) is 12.8 Å². The van der Waals surface area contributed by atoms with Gasteiger partial charge in [-0.2, -0.15) is 4.99 Å². The van der Waals surface area contributed by atoms with Gasteiger partial charge in [0.1, 0.15) is 0 Å². The molecular formula is C18H24N2O2S. The van der Waals surface area contributed by atoms with Crippen molar-refractivity contribution in [3.05, 3.63) is 28.6 Å². The highest BCUT2D eigenvalue weighted by Gasteiger charge is 2.21. The van der Waals surface area contributed by atoms with Gasteiger partial charge in [-0.05, 0) is 31.4 Å². The Morgan fingerprint density at radius 3 is 2.87 bits per heavy atom. The number of carbonyl (C=O) groups excluding carboxylic acids is 1. The Labute approximate surface area is 140 Å². The van der Waals surface area contributed by atoms with E-state index in [4.69, 9.17) is 4.74 Å². The zero-order valence-electron chi connectivity index (χ0n) is 13.9. The number of hydrogen-bond acceptors (Lipinski definition) is 3. The van der Waals surface area contributed by atoms with Gasteiger partial charge in [0.25, 0.3) is 5.91 Å². The minimum atomic E-state index is 0.0556. The maximum atomic E-state index is 12.6. The predicted octanol–water partition coefficient (Wildman–Crippen LogP) is 3.67. The van der Waals surface area contributed by atoms with Crippen molar-refractivity contribution in [1.29, 1.82) is 0 Å². The van der Waals surface area contributed by atoms with Gasteiger partial charge >= 0.3 is 0 Å². The van der Waals surface area contributed by atoms with Gasteiger partial charge < -0.3 is 9.30 Å². The summed E-state index contributed by atoms with van der Waals surface area (Å²) < 4.78 is 8.55. The van der Waals surface area contributed by atoms with Crippen LogP contribution in [-0.4, -0.2) is 24.2 Å². The summed E-state index contributed by atoms with van der Waals surface area (Å²) in [5.74, 6) is 0.172. The molecule has 4 nitrogen and oxygen atoms in total. The van der Waals surface area contributed by atoms with Crippen LogP contribution >= 0.6 is 11.3 Å². The minimum absolute atomic E-state index is 0.0556. The molecule has 0 aliphatic heterocycles. The Balaban J connectivity index is 2.02. The van der Waals surface area contributed by atoms with Crippen molar-refractivity contribution >= 4 is 27.5 Å². The fraction of sp³-hybridized carbons (Fsp3) is 0.556. The highest BCUT2D eigenvalue weighted by atomic mass is 32.1. The van der Waals surface area contributed by atoms with Crippen LogP contribution in [0.5, 0.6) is 0 Å². The first-order chi connectivity index (χ1) is 11.2. The smallest absolute Gasteiger partial charge is 0.251 e. The van der Waals surface area contributed by atoms with Crippen molar-refractivity contribution in [1.82, 2.24) is 4.57 Å². The van der Waals surface area contributed by atoms with E-state index in [9.17, 15) is 4.79 Å². The summed E-state index contributed by atoms with van der Waals surface area (Å²) in [7, 11) is 1.70. The molecule has 1 aliphatic rings. The number of carbonyl (C=O) groups is 1. The second kappa shape index (κ2) is 7.41. The third kappa shape index (κ3) is 3.56. The third-order valence-electron chi connectivity index (χ3n) is 4.58. The van der Waals surface area contributed by atoms with Crippen LogP contribution in [0.3, 0.4) is 0 Å². The van der Waals surface area contributed by atoms with Crippen LogP contribution in [0.25, 0.3) is 10.2 Å². The lowest BCUT2D eigenvalue weighted by molar-refractivity contribution is -0.122. The summed E-state index contributed by atoms with van der Waals surface area (Å²) in [5, 5.41) is 0. The highest BCUT2D eigenvalue weighted by molar-refractivity contribution is 7.16. The summed E-state index contributed by atoms with van der Waals surface area (Å²) in [6.07, 6.45) is 5.54. The van der Waals surface area contributed by atoms with Gasteiger partial charge in [-0.1, -0.05) is 42.7 Å². The normalized spacial score (nSPS) is 17.0. The fourth-order valence-electron chi connectivity index (χ4n) is 3.32. The lowest BCUT2D eigenvalue weighted by Crippen LogP contribution is -2.23. The Morgan fingerprint density at radius 2 is 2.13 bits per heavy atom. The fourth-order valence-corrected chi connectivity index (χ4v) is 4.46. The Bertz CT molecular complexity index is 754. The van der Waals surface area contributed by atoms with Crippen LogP contribution < -0.4 is 4.80 Å². The SMILES string of the molecule is COCCn1c(=NC(=O)C2CCCCC2)sc2cccc(C)c21. The van der Waals surface area contributed by atoms with Gasteiger partial charge in [0.2, 0.25) is 0 Å². The number of para-hydroxylation sites is 1. The lowest BCUT2D eigenvalue weighted by Gasteiger charge is -2.17. The maximum absolute atomic E-state index is 12.6. The van der Waals surface area contributed by atoms with Gasteiger partial charge in [0.05, 0.1) is 16.8 Å². The Hall–Kier alpha value is -1.46. The van der Waals surface area contributed by atoms with Crippen molar-refractivity contribution in [2.75, 3.05) is 13.7 Å². The van der Waals surface area contributed by atoms with Crippen molar-refractivity contribution in [3.8, 4) is 0 Å². The van der Waals surface area contributed by atoms with E-state index in [0.717, 1.165) is 37.0 Å². The van der Waals surface area contributed by atoms with E-state index in [-0.39, 0.29) is 11.8 Å². The number of benzene rings is 1. The van der Waals surface area contributed by atoms with Gasteiger partial charge in [-0.25, -0.2) is 0 Å². The molecule has 1 aromatic heterocycles. The molecule has 0 saturated heterocycles. The predicted molar refractivity (Wildman–Crippen MR) is 93.6 cm³/mol. The zero-order chi connectivity index (χ0) is 16.2. The average molecular weight is 332 g/mol. The molecule has 0 atom stereocenters. The topological polar surface area (TPSA) is 43.6 Å². The van der Waals surface area contributed by atoms with E-state index in [1.54, 1.807) is 18.4 Å². The Kier molecular flexibility index (Phi) is 5.28. The number of methoxy groups -OCH3 is 1. The number of rotatable bonds is 4. The molecule has 2 aromatic rings. The number of hydrogen-bond donors (Lipinski definition) is 0. The molecule has 23 heavy (non-hydrogen) atoms. The molecule has 0 spiro atoms. The van der Waals surface area contributed by atoms with E-state index in [1.807, 2.05) is 0 Å². The monoisotopic (exact) mass is 332 g/mol. The molecule has 1 heterocycles. The first-order valence-corrected chi connectivity index (χ1v) is 9.19. The zero-order valence-corrected chi connectivity index (χ0v) is 14.7. The summed E-state index contributed by atoms with van der Waals surface area (Å²) in [6.45, 7) is 3.44. The highest BCUT2D eigenvalue weighted by Crippen LogP contribution is 2.25. The molecule has 0 radical (unpaired) electrons. The molecule has 0 bridgehead atoms. The molecule has 5 heteroatoms.